The third-order valence-electron chi connectivity index (χ3n) is 7.09. The first-order valence-corrected chi connectivity index (χ1v) is 12.2. The first kappa shape index (κ1) is 21.9. The van der Waals surface area contributed by atoms with Crippen molar-refractivity contribution >= 4 is 17.2 Å². The van der Waals surface area contributed by atoms with Gasteiger partial charge in [0.05, 0.1) is 11.9 Å². The van der Waals surface area contributed by atoms with Gasteiger partial charge in [-0.1, -0.05) is 49.6 Å². The van der Waals surface area contributed by atoms with Crippen molar-refractivity contribution in [3.63, 3.8) is 0 Å². The van der Waals surface area contributed by atoms with E-state index in [0.717, 1.165) is 49.8 Å². The largest absolute Gasteiger partial charge is 0.354 e. The molecule has 0 N–H and O–H groups in total. The van der Waals surface area contributed by atoms with Gasteiger partial charge in [0.15, 0.2) is 11.5 Å². The molecule has 2 aliphatic rings. The van der Waals surface area contributed by atoms with Gasteiger partial charge in [0.25, 0.3) is 5.91 Å². The molecule has 1 saturated carbocycles. The Hall–Kier alpha value is -2.93. The van der Waals surface area contributed by atoms with E-state index < -0.39 is 0 Å². The maximum atomic E-state index is 13.3. The summed E-state index contributed by atoms with van der Waals surface area (Å²) in [6, 6.07) is 13.0. The molecule has 5 rings (SSSR count). The van der Waals surface area contributed by atoms with Crippen molar-refractivity contribution in [3.05, 3.63) is 59.5 Å². The van der Waals surface area contributed by atoms with Crippen LogP contribution in [0.25, 0.3) is 5.52 Å². The van der Waals surface area contributed by atoms with Gasteiger partial charge in [-0.2, -0.15) is 5.10 Å². The summed E-state index contributed by atoms with van der Waals surface area (Å²) in [5.74, 6) is 0.865. The van der Waals surface area contributed by atoms with Crippen LogP contribution in [0.4, 0.5) is 5.82 Å². The highest BCUT2D eigenvalue weighted by Gasteiger charge is 2.28. The van der Waals surface area contributed by atoms with Crippen molar-refractivity contribution in [3.8, 4) is 0 Å². The number of rotatable bonds is 5. The molecule has 1 aliphatic carbocycles. The molecule has 0 bridgehead atoms. The first-order chi connectivity index (χ1) is 16.1. The Kier molecular flexibility index (Phi) is 6.31. The zero-order valence-corrected chi connectivity index (χ0v) is 19.8. The molecular weight excluding hydrogens is 412 g/mol. The molecule has 3 aromatic rings. The summed E-state index contributed by atoms with van der Waals surface area (Å²) in [5, 5.41) is 4.65. The Labute approximate surface area is 196 Å². The number of fused-ring (bicyclic) bond motifs is 1. The van der Waals surface area contributed by atoms with Crippen molar-refractivity contribution in [1.29, 1.82) is 0 Å². The van der Waals surface area contributed by atoms with Gasteiger partial charge in [0.2, 0.25) is 0 Å². The Bertz CT molecular complexity index is 1100. The number of anilines is 1. The fourth-order valence-electron chi connectivity index (χ4n) is 5.31. The highest BCUT2D eigenvalue weighted by Crippen LogP contribution is 2.25. The Morgan fingerprint density at radius 2 is 1.79 bits per heavy atom. The van der Waals surface area contributed by atoms with E-state index in [-0.39, 0.29) is 5.91 Å². The highest BCUT2D eigenvalue weighted by molar-refractivity contribution is 5.94. The van der Waals surface area contributed by atoms with Crippen molar-refractivity contribution < 1.29 is 4.79 Å². The predicted octanol–water partition coefficient (Wildman–Crippen LogP) is 3.76. The summed E-state index contributed by atoms with van der Waals surface area (Å²) in [7, 11) is 2.04. The van der Waals surface area contributed by atoms with Crippen molar-refractivity contribution in [2.24, 2.45) is 0 Å². The van der Waals surface area contributed by atoms with Crippen LogP contribution in [-0.2, 0) is 6.54 Å². The molecule has 0 atom stereocenters. The zero-order valence-electron chi connectivity index (χ0n) is 19.8. The number of aryl methyl sites for hydroxylation is 1. The van der Waals surface area contributed by atoms with Crippen LogP contribution in [0.3, 0.4) is 0 Å². The average molecular weight is 447 g/mol. The lowest BCUT2D eigenvalue weighted by Crippen LogP contribution is -2.52. The van der Waals surface area contributed by atoms with Gasteiger partial charge in [-0.05, 0) is 25.3 Å². The molecule has 2 fully saturated rings. The predicted molar refractivity (Wildman–Crippen MR) is 131 cm³/mol. The minimum atomic E-state index is 0.0244. The first-order valence-electron chi connectivity index (χ1n) is 12.2. The second-order valence-electron chi connectivity index (χ2n) is 9.53. The number of carbonyl (C=O) groups is 1. The lowest BCUT2D eigenvalue weighted by atomic mass is 9.94. The van der Waals surface area contributed by atoms with Crippen LogP contribution >= 0.6 is 0 Å². The van der Waals surface area contributed by atoms with Crippen LogP contribution in [0.5, 0.6) is 0 Å². The van der Waals surface area contributed by atoms with Gasteiger partial charge < -0.3 is 9.80 Å². The van der Waals surface area contributed by atoms with Crippen LogP contribution < -0.4 is 4.90 Å². The Balaban J connectivity index is 1.32. The zero-order chi connectivity index (χ0) is 22.8. The van der Waals surface area contributed by atoms with Gasteiger partial charge in [-0.15, -0.1) is 0 Å². The summed E-state index contributed by atoms with van der Waals surface area (Å²) in [6.45, 7) is 6.20. The summed E-state index contributed by atoms with van der Waals surface area (Å²) in [5.41, 5.74) is 3.46. The molecule has 1 aliphatic heterocycles. The molecular formula is C26H34N6O. The fraction of sp³-hybridized carbons (Fsp3) is 0.500. The molecule has 7 heteroatoms. The van der Waals surface area contributed by atoms with Gasteiger partial charge >= 0.3 is 0 Å². The van der Waals surface area contributed by atoms with Crippen molar-refractivity contribution in [2.75, 3.05) is 38.1 Å². The van der Waals surface area contributed by atoms with E-state index in [2.05, 4.69) is 27.0 Å². The topological polar surface area (TPSA) is 57.0 Å². The molecule has 3 heterocycles. The molecule has 0 unspecified atom stereocenters. The quantitative estimate of drug-likeness (QED) is 0.597. The van der Waals surface area contributed by atoms with Crippen molar-refractivity contribution in [2.45, 2.75) is 51.6 Å². The fourth-order valence-corrected chi connectivity index (χ4v) is 5.31. The summed E-state index contributed by atoms with van der Waals surface area (Å²) in [4.78, 5) is 24.8. The van der Waals surface area contributed by atoms with E-state index in [0.29, 0.717) is 11.7 Å². The molecule has 1 saturated heterocycles. The number of benzene rings is 1. The van der Waals surface area contributed by atoms with Gasteiger partial charge in [-0.3, -0.25) is 9.69 Å². The van der Waals surface area contributed by atoms with E-state index in [1.807, 2.05) is 53.8 Å². The van der Waals surface area contributed by atoms with Crippen LogP contribution in [0.15, 0.2) is 42.6 Å². The van der Waals surface area contributed by atoms with Crippen molar-refractivity contribution in [1.82, 2.24) is 24.4 Å². The molecule has 33 heavy (non-hydrogen) atoms. The minimum absolute atomic E-state index is 0.0244. The number of hydrogen-bond donors (Lipinski definition) is 0. The molecule has 1 amide bonds. The summed E-state index contributed by atoms with van der Waals surface area (Å²) < 4.78 is 1.81. The van der Waals surface area contributed by atoms with Crippen LogP contribution in [0.1, 0.15) is 53.8 Å². The molecule has 0 spiro atoms. The number of amides is 1. The lowest BCUT2D eigenvalue weighted by molar-refractivity contribution is 0.0518. The number of hydrogen-bond acceptors (Lipinski definition) is 5. The second-order valence-corrected chi connectivity index (χ2v) is 9.53. The maximum absolute atomic E-state index is 13.3. The van der Waals surface area contributed by atoms with Crippen LogP contribution in [0.2, 0.25) is 0 Å². The smallest absolute Gasteiger partial charge is 0.274 e. The van der Waals surface area contributed by atoms with Gasteiger partial charge in [-0.25, -0.2) is 9.50 Å². The Morgan fingerprint density at radius 1 is 1.06 bits per heavy atom. The summed E-state index contributed by atoms with van der Waals surface area (Å²) >= 11 is 0. The monoisotopic (exact) mass is 446 g/mol. The van der Waals surface area contributed by atoms with E-state index in [1.54, 1.807) is 0 Å². The Morgan fingerprint density at radius 3 is 2.52 bits per heavy atom. The second kappa shape index (κ2) is 9.51. The maximum Gasteiger partial charge on any atom is 0.274 e. The highest BCUT2D eigenvalue weighted by atomic mass is 16.2. The lowest BCUT2D eigenvalue weighted by Gasteiger charge is -2.40. The van der Waals surface area contributed by atoms with Gasteiger partial charge in [0.1, 0.15) is 5.52 Å². The summed E-state index contributed by atoms with van der Waals surface area (Å²) in [6.07, 6.45) is 8.59. The van der Waals surface area contributed by atoms with E-state index in [9.17, 15) is 4.79 Å². The molecule has 2 aromatic heterocycles. The van der Waals surface area contributed by atoms with Gasteiger partial charge in [0, 0.05) is 51.9 Å². The molecule has 7 nitrogen and oxygen atoms in total. The average Bonchev–Trinajstić information content (AvgIpc) is 3.28. The molecule has 0 radical (unpaired) electrons. The third-order valence-corrected chi connectivity index (χ3v) is 7.09. The SMILES string of the molecule is Cc1cn2nc(C(=O)N3CCN(C4CCCCC4)CC3)cc2c(N(C)Cc2ccccc2)n1. The van der Waals surface area contributed by atoms with E-state index >= 15 is 0 Å². The van der Waals surface area contributed by atoms with E-state index in [4.69, 9.17) is 4.98 Å². The molecule has 1 aromatic carbocycles. The van der Waals surface area contributed by atoms with Crippen LogP contribution in [0, 0.1) is 6.92 Å². The normalized spacial score (nSPS) is 18.1. The minimum Gasteiger partial charge on any atom is -0.354 e. The number of nitrogens with zero attached hydrogens (tertiary/aromatic N) is 6. The number of aromatic nitrogens is 3. The third kappa shape index (κ3) is 4.74. The number of piperazine rings is 1. The molecule has 174 valence electrons. The number of carbonyl (C=O) groups excluding carboxylic acids is 1. The van der Waals surface area contributed by atoms with E-state index in [1.165, 1.54) is 37.7 Å². The standard InChI is InChI=1S/C26H34N6O/c1-20-18-32-24(25(27-20)29(2)19-21-9-5-3-6-10-21)17-23(28-32)26(33)31-15-13-30(14-16-31)22-11-7-4-8-12-22/h3,5-6,9-10,17-18,22H,4,7-8,11-16,19H2,1-2H3. The van der Waals surface area contributed by atoms with Crippen LogP contribution in [-0.4, -0.2) is 69.6 Å².